The minimum absolute atomic E-state index is 0.0959. The molecule has 0 N–H and O–H groups in total. The Morgan fingerprint density at radius 1 is 0.769 bits per heavy atom. The second kappa shape index (κ2) is 11.4. The molecule has 3 nitrogen and oxygen atoms in total. The van der Waals surface area contributed by atoms with Gasteiger partial charge in [0.25, 0.3) is 0 Å². The first-order valence-electron chi connectivity index (χ1n) is 8.95. The van der Waals surface area contributed by atoms with Crippen LogP contribution in [0, 0.1) is 0 Å². The van der Waals surface area contributed by atoms with E-state index >= 15 is 0 Å². The Labute approximate surface area is 156 Å². The number of ether oxygens (including phenoxy) is 3. The molecule has 0 saturated carbocycles. The van der Waals surface area contributed by atoms with E-state index in [1.807, 2.05) is 43.3 Å². The van der Waals surface area contributed by atoms with Crippen LogP contribution < -0.4 is 0 Å². The molecule has 0 fully saturated rings. The molecule has 2 aromatic carbocycles. The quantitative estimate of drug-likeness (QED) is 0.531. The highest BCUT2D eigenvalue weighted by Gasteiger charge is 2.10. The van der Waals surface area contributed by atoms with E-state index in [-0.39, 0.29) is 6.10 Å². The molecule has 0 aliphatic heterocycles. The summed E-state index contributed by atoms with van der Waals surface area (Å²) >= 11 is 0. The van der Waals surface area contributed by atoms with E-state index in [0.717, 1.165) is 22.3 Å². The van der Waals surface area contributed by atoms with Crippen molar-refractivity contribution in [3.63, 3.8) is 0 Å². The molecule has 138 valence electrons. The van der Waals surface area contributed by atoms with E-state index in [1.165, 1.54) is 0 Å². The van der Waals surface area contributed by atoms with Crippen LogP contribution in [0.2, 0.25) is 0 Å². The zero-order chi connectivity index (χ0) is 18.6. The summed E-state index contributed by atoms with van der Waals surface area (Å²) in [5, 5.41) is 0. The van der Waals surface area contributed by atoms with Crippen molar-refractivity contribution in [1.82, 2.24) is 0 Å². The maximum Gasteiger partial charge on any atom is 0.105 e. The molecule has 3 heteroatoms. The zero-order valence-electron chi connectivity index (χ0n) is 15.5. The minimum atomic E-state index is -0.0959. The second-order valence-corrected chi connectivity index (χ2v) is 6.00. The van der Waals surface area contributed by atoms with Gasteiger partial charge in [-0.05, 0) is 29.2 Å². The Bertz CT molecular complexity index is 659. The zero-order valence-corrected chi connectivity index (χ0v) is 15.5. The van der Waals surface area contributed by atoms with E-state index in [9.17, 15) is 0 Å². The van der Waals surface area contributed by atoms with Crippen molar-refractivity contribution in [1.29, 1.82) is 0 Å². The predicted octanol–water partition coefficient (Wildman–Crippen LogP) is 5.11. The number of rotatable bonds is 12. The fraction of sp³-hybridized carbons (Fsp3) is 0.304. The normalized spacial score (nSPS) is 11.9. The summed E-state index contributed by atoms with van der Waals surface area (Å²) < 4.78 is 17.3. The Kier molecular flexibility index (Phi) is 8.84. The lowest BCUT2D eigenvalue weighted by atomic mass is 10.1. The van der Waals surface area contributed by atoms with Gasteiger partial charge < -0.3 is 14.2 Å². The first-order chi connectivity index (χ1) is 12.7. The fourth-order valence-electron chi connectivity index (χ4n) is 2.42. The summed E-state index contributed by atoms with van der Waals surface area (Å²) in [6, 6.07) is 16.3. The smallest absolute Gasteiger partial charge is 0.105 e. The molecule has 0 bridgehead atoms. The standard InChI is InChI=1S/C23H28O3/c1-4-19-7-11-21(12-8-19)15-25-18-23(17-24-6-3)26-16-22-13-9-20(5-2)10-14-22/h4-5,7-14,23H,1-2,6,15-18H2,3H3. The average Bonchev–Trinajstić information content (AvgIpc) is 2.70. The highest BCUT2D eigenvalue weighted by Crippen LogP contribution is 2.10. The van der Waals surface area contributed by atoms with Crippen LogP contribution in [0.25, 0.3) is 12.2 Å². The predicted molar refractivity (Wildman–Crippen MR) is 108 cm³/mol. The van der Waals surface area contributed by atoms with Crippen molar-refractivity contribution in [2.75, 3.05) is 19.8 Å². The van der Waals surface area contributed by atoms with Gasteiger partial charge in [0.05, 0.1) is 26.4 Å². The third kappa shape index (κ3) is 6.96. The molecule has 26 heavy (non-hydrogen) atoms. The topological polar surface area (TPSA) is 27.7 Å². The third-order valence-corrected chi connectivity index (χ3v) is 4.00. The highest BCUT2D eigenvalue weighted by molar-refractivity contribution is 5.47. The maximum atomic E-state index is 5.99. The lowest BCUT2D eigenvalue weighted by molar-refractivity contribution is -0.0682. The molecule has 0 spiro atoms. The summed E-state index contributed by atoms with van der Waals surface area (Å²) in [5.41, 5.74) is 4.46. The summed E-state index contributed by atoms with van der Waals surface area (Å²) in [6.07, 6.45) is 3.57. The SMILES string of the molecule is C=Cc1ccc(COCC(COCC)OCc2ccc(C=C)cc2)cc1. The van der Waals surface area contributed by atoms with Gasteiger partial charge >= 0.3 is 0 Å². The second-order valence-electron chi connectivity index (χ2n) is 6.00. The van der Waals surface area contributed by atoms with Crippen LogP contribution in [0.4, 0.5) is 0 Å². The lowest BCUT2D eigenvalue weighted by Crippen LogP contribution is -2.25. The molecule has 0 aliphatic rings. The summed E-state index contributed by atoms with van der Waals surface area (Å²) in [7, 11) is 0. The summed E-state index contributed by atoms with van der Waals surface area (Å²) in [6.45, 7) is 12.3. The Hall–Kier alpha value is -2.20. The van der Waals surface area contributed by atoms with Gasteiger partial charge in [0.2, 0.25) is 0 Å². The van der Waals surface area contributed by atoms with Crippen LogP contribution in [0.15, 0.2) is 61.7 Å². The Morgan fingerprint density at radius 3 is 1.77 bits per heavy atom. The monoisotopic (exact) mass is 352 g/mol. The first-order valence-corrected chi connectivity index (χ1v) is 8.95. The molecule has 0 aliphatic carbocycles. The fourth-order valence-corrected chi connectivity index (χ4v) is 2.42. The molecule has 0 radical (unpaired) electrons. The number of hydrogen-bond donors (Lipinski definition) is 0. The van der Waals surface area contributed by atoms with Gasteiger partial charge in [0.15, 0.2) is 0 Å². The van der Waals surface area contributed by atoms with Crippen LogP contribution in [0.1, 0.15) is 29.2 Å². The van der Waals surface area contributed by atoms with Crippen molar-refractivity contribution in [3.8, 4) is 0 Å². The Morgan fingerprint density at radius 2 is 1.27 bits per heavy atom. The van der Waals surface area contributed by atoms with Gasteiger partial charge in [0, 0.05) is 6.61 Å². The van der Waals surface area contributed by atoms with E-state index in [1.54, 1.807) is 0 Å². The molecule has 1 atom stereocenters. The van der Waals surface area contributed by atoms with Crippen LogP contribution >= 0.6 is 0 Å². The minimum Gasteiger partial charge on any atom is -0.379 e. The maximum absolute atomic E-state index is 5.99. The number of hydrogen-bond acceptors (Lipinski definition) is 3. The summed E-state index contributed by atoms with van der Waals surface area (Å²) in [5.74, 6) is 0. The van der Waals surface area contributed by atoms with Crippen molar-refractivity contribution >= 4 is 12.2 Å². The van der Waals surface area contributed by atoms with Crippen LogP contribution in [-0.2, 0) is 27.4 Å². The molecule has 0 heterocycles. The van der Waals surface area contributed by atoms with Gasteiger partial charge in [-0.25, -0.2) is 0 Å². The molecular formula is C23H28O3. The Balaban J connectivity index is 1.80. The van der Waals surface area contributed by atoms with Crippen molar-refractivity contribution < 1.29 is 14.2 Å². The van der Waals surface area contributed by atoms with Gasteiger partial charge in [-0.1, -0.05) is 73.8 Å². The van der Waals surface area contributed by atoms with E-state index in [2.05, 4.69) is 37.4 Å². The van der Waals surface area contributed by atoms with Gasteiger partial charge in [-0.3, -0.25) is 0 Å². The first kappa shape index (κ1) is 20.1. The number of benzene rings is 2. The average molecular weight is 352 g/mol. The lowest BCUT2D eigenvalue weighted by Gasteiger charge is -2.18. The van der Waals surface area contributed by atoms with Gasteiger partial charge in [0.1, 0.15) is 6.10 Å². The van der Waals surface area contributed by atoms with Crippen LogP contribution in [0.3, 0.4) is 0 Å². The van der Waals surface area contributed by atoms with E-state index in [4.69, 9.17) is 14.2 Å². The van der Waals surface area contributed by atoms with Crippen molar-refractivity contribution in [3.05, 3.63) is 83.9 Å². The molecule has 0 amide bonds. The van der Waals surface area contributed by atoms with E-state index in [0.29, 0.717) is 33.0 Å². The van der Waals surface area contributed by atoms with Gasteiger partial charge in [-0.2, -0.15) is 0 Å². The molecule has 0 aromatic heterocycles. The van der Waals surface area contributed by atoms with Crippen molar-refractivity contribution in [2.24, 2.45) is 0 Å². The molecule has 2 rings (SSSR count). The van der Waals surface area contributed by atoms with Gasteiger partial charge in [-0.15, -0.1) is 0 Å². The molecular weight excluding hydrogens is 324 g/mol. The largest absolute Gasteiger partial charge is 0.379 e. The highest BCUT2D eigenvalue weighted by atomic mass is 16.6. The molecule has 1 unspecified atom stereocenters. The molecule has 2 aromatic rings. The van der Waals surface area contributed by atoms with Crippen molar-refractivity contribution in [2.45, 2.75) is 26.2 Å². The molecule has 0 saturated heterocycles. The third-order valence-electron chi connectivity index (χ3n) is 4.00. The van der Waals surface area contributed by atoms with Crippen LogP contribution in [0.5, 0.6) is 0 Å². The van der Waals surface area contributed by atoms with E-state index < -0.39 is 0 Å². The summed E-state index contributed by atoms with van der Waals surface area (Å²) in [4.78, 5) is 0. The van der Waals surface area contributed by atoms with Crippen LogP contribution in [-0.4, -0.2) is 25.9 Å².